The van der Waals surface area contributed by atoms with Crippen LogP contribution < -0.4 is 4.74 Å². The second-order valence-corrected chi connectivity index (χ2v) is 4.56. The predicted molar refractivity (Wildman–Crippen MR) is 70.3 cm³/mol. The van der Waals surface area contributed by atoms with Crippen LogP contribution in [0.1, 0.15) is 22.8 Å². The average molecular weight is 276 g/mol. The molecule has 1 unspecified atom stereocenters. The van der Waals surface area contributed by atoms with Crippen LogP contribution in [0.3, 0.4) is 0 Å². The molecule has 2 aromatic carbocycles. The smallest absolute Gasteiger partial charge is 0.416 e. The number of para-hydroxylation sites is 1. The third-order valence-electron chi connectivity index (χ3n) is 3.19. The highest BCUT2D eigenvalue weighted by Gasteiger charge is 2.30. The van der Waals surface area contributed by atoms with Crippen LogP contribution in [-0.4, -0.2) is 0 Å². The molecule has 1 aliphatic heterocycles. The molecular formula is C16H11F3O. The van der Waals surface area contributed by atoms with E-state index < -0.39 is 11.7 Å². The largest absolute Gasteiger partial charge is 0.481 e. The molecular weight excluding hydrogens is 265 g/mol. The zero-order valence-electron chi connectivity index (χ0n) is 10.4. The monoisotopic (exact) mass is 276 g/mol. The van der Waals surface area contributed by atoms with Gasteiger partial charge in [-0.2, -0.15) is 13.2 Å². The summed E-state index contributed by atoms with van der Waals surface area (Å²) in [6.07, 6.45) is -0.910. The van der Waals surface area contributed by atoms with Gasteiger partial charge in [0.2, 0.25) is 0 Å². The van der Waals surface area contributed by atoms with Gasteiger partial charge in [-0.3, -0.25) is 0 Å². The third-order valence-corrected chi connectivity index (χ3v) is 3.19. The molecule has 0 aliphatic carbocycles. The zero-order valence-corrected chi connectivity index (χ0v) is 10.4. The fourth-order valence-corrected chi connectivity index (χ4v) is 2.13. The van der Waals surface area contributed by atoms with Gasteiger partial charge in [0, 0.05) is 5.56 Å². The average Bonchev–Trinajstić information content (AvgIpc) is 2.46. The zero-order chi connectivity index (χ0) is 14.2. The first-order valence-corrected chi connectivity index (χ1v) is 6.15. The van der Waals surface area contributed by atoms with E-state index in [1.54, 1.807) is 0 Å². The van der Waals surface area contributed by atoms with Gasteiger partial charge in [-0.15, -0.1) is 0 Å². The number of alkyl halides is 3. The molecule has 3 rings (SSSR count). The maximum atomic E-state index is 12.5. The molecule has 0 aromatic heterocycles. The minimum atomic E-state index is -4.31. The molecule has 0 bridgehead atoms. The van der Waals surface area contributed by atoms with Crippen LogP contribution in [0, 0.1) is 0 Å². The summed E-state index contributed by atoms with van der Waals surface area (Å²) in [5.74, 6) is 0.736. The number of benzene rings is 2. The van der Waals surface area contributed by atoms with Crippen molar-refractivity contribution in [1.29, 1.82) is 0 Å². The Morgan fingerprint density at radius 2 is 1.60 bits per heavy atom. The third kappa shape index (κ3) is 2.41. The van der Waals surface area contributed by atoms with Crippen molar-refractivity contribution in [2.75, 3.05) is 0 Å². The Balaban J connectivity index is 1.85. The summed E-state index contributed by atoms with van der Waals surface area (Å²) in [6, 6.07) is 12.6. The van der Waals surface area contributed by atoms with Gasteiger partial charge in [-0.05, 0) is 29.8 Å². The van der Waals surface area contributed by atoms with Gasteiger partial charge in [0.1, 0.15) is 11.9 Å². The standard InChI is InChI=1S/C16H11F3O/c17-16(18,19)13-8-5-12(6-9-13)15-10-7-11-3-1-2-4-14(11)20-15/h1-10,15H. The lowest BCUT2D eigenvalue weighted by Crippen LogP contribution is -2.10. The SMILES string of the molecule is FC(F)(F)c1ccc(C2C=Cc3ccccc3O2)cc1. The normalized spacial score (nSPS) is 17.4. The molecule has 0 radical (unpaired) electrons. The molecule has 1 atom stereocenters. The van der Waals surface area contributed by atoms with Gasteiger partial charge in [-0.25, -0.2) is 0 Å². The first-order chi connectivity index (χ1) is 9.54. The summed E-state index contributed by atoms with van der Waals surface area (Å²) in [7, 11) is 0. The van der Waals surface area contributed by atoms with E-state index in [2.05, 4.69) is 0 Å². The summed E-state index contributed by atoms with van der Waals surface area (Å²) in [4.78, 5) is 0. The van der Waals surface area contributed by atoms with Crippen LogP contribution >= 0.6 is 0 Å². The van der Waals surface area contributed by atoms with Gasteiger partial charge in [0.25, 0.3) is 0 Å². The Morgan fingerprint density at radius 1 is 0.900 bits per heavy atom. The van der Waals surface area contributed by atoms with Gasteiger partial charge in [0.15, 0.2) is 0 Å². The Kier molecular flexibility index (Phi) is 3.01. The molecule has 1 aliphatic rings. The molecule has 0 saturated carbocycles. The maximum absolute atomic E-state index is 12.5. The Labute approximate surface area is 114 Å². The molecule has 1 nitrogen and oxygen atoms in total. The van der Waals surface area contributed by atoms with Crippen LogP contribution in [-0.2, 0) is 6.18 Å². The van der Waals surface area contributed by atoms with E-state index in [0.29, 0.717) is 5.56 Å². The van der Waals surface area contributed by atoms with Crippen molar-refractivity contribution in [3.05, 3.63) is 71.3 Å². The summed E-state index contributed by atoms with van der Waals surface area (Å²) < 4.78 is 43.3. The maximum Gasteiger partial charge on any atom is 0.416 e. The van der Waals surface area contributed by atoms with Crippen molar-refractivity contribution >= 4 is 6.08 Å². The highest BCUT2D eigenvalue weighted by atomic mass is 19.4. The first-order valence-electron chi connectivity index (χ1n) is 6.15. The lowest BCUT2D eigenvalue weighted by Gasteiger charge is -2.22. The van der Waals surface area contributed by atoms with Gasteiger partial charge in [-0.1, -0.05) is 36.4 Å². The van der Waals surface area contributed by atoms with E-state index in [1.165, 1.54) is 12.1 Å². The molecule has 0 fully saturated rings. The van der Waals surface area contributed by atoms with Crippen molar-refractivity contribution in [3.8, 4) is 5.75 Å². The van der Waals surface area contributed by atoms with E-state index in [-0.39, 0.29) is 6.10 Å². The first kappa shape index (κ1) is 12.8. The Morgan fingerprint density at radius 3 is 2.30 bits per heavy atom. The lowest BCUT2D eigenvalue weighted by atomic mass is 10.0. The fraction of sp³-hybridized carbons (Fsp3) is 0.125. The molecule has 102 valence electrons. The Hall–Kier alpha value is -2.23. The van der Waals surface area contributed by atoms with Crippen LogP contribution in [0.5, 0.6) is 5.75 Å². The Bertz CT molecular complexity index is 642. The van der Waals surface area contributed by atoms with Gasteiger partial charge in [0.05, 0.1) is 5.56 Å². The predicted octanol–water partition coefficient (Wildman–Crippen LogP) is 4.85. The molecule has 0 N–H and O–H groups in total. The second kappa shape index (κ2) is 4.71. The molecule has 0 saturated heterocycles. The number of rotatable bonds is 1. The quantitative estimate of drug-likeness (QED) is 0.723. The van der Waals surface area contributed by atoms with Gasteiger partial charge >= 0.3 is 6.18 Å². The van der Waals surface area contributed by atoms with Crippen LogP contribution in [0.15, 0.2) is 54.6 Å². The number of hydrogen-bond donors (Lipinski definition) is 0. The molecule has 2 aromatic rings. The highest BCUT2D eigenvalue weighted by molar-refractivity contribution is 5.60. The molecule has 0 amide bonds. The molecule has 1 heterocycles. The molecule has 4 heteroatoms. The van der Waals surface area contributed by atoms with Crippen LogP contribution in [0.2, 0.25) is 0 Å². The summed E-state index contributed by atoms with van der Waals surface area (Å²) in [5.41, 5.74) is 1.01. The van der Waals surface area contributed by atoms with Crippen LogP contribution in [0.25, 0.3) is 6.08 Å². The van der Waals surface area contributed by atoms with Crippen LogP contribution in [0.4, 0.5) is 13.2 Å². The fourth-order valence-electron chi connectivity index (χ4n) is 2.13. The minimum Gasteiger partial charge on any atom is -0.481 e. The van der Waals surface area contributed by atoms with Gasteiger partial charge < -0.3 is 4.74 Å². The van der Waals surface area contributed by atoms with E-state index in [1.807, 2.05) is 36.4 Å². The van der Waals surface area contributed by atoms with Crippen molar-refractivity contribution in [2.45, 2.75) is 12.3 Å². The highest BCUT2D eigenvalue weighted by Crippen LogP contribution is 2.34. The summed E-state index contributed by atoms with van der Waals surface area (Å²) >= 11 is 0. The second-order valence-electron chi connectivity index (χ2n) is 4.56. The molecule has 20 heavy (non-hydrogen) atoms. The van der Waals surface area contributed by atoms with E-state index >= 15 is 0 Å². The lowest BCUT2D eigenvalue weighted by molar-refractivity contribution is -0.137. The number of halogens is 3. The topological polar surface area (TPSA) is 9.23 Å². The van der Waals surface area contributed by atoms with Crippen molar-refractivity contribution in [3.63, 3.8) is 0 Å². The van der Waals surface area contributed by atoms with E-state index in [9.17, 15) is 13.2 Å². The summed E-state index contributed by atoms with van der Waals surface area (Å²) in [5, 5.41) is 0. The van der Waals surface area contributed by atoms with Crippen molar-refractivity contribution < 1.29 is 17.9 Å². The number of hydrogen-bond acceptors (Lipinski definition) is 1. The number of ether oxygens (including phenoxy) is 1. The summed E-state index contributed by atoms with van der Waals surface area (Å²) in [6.45, 7) is 0. The molecule has 0 spiro atoms. The van der Waals surface area contributed by atoms with E-state index in [0.717, 1.165) is 23.4 Å². The van der Waals surface area contributed by atoms with E-state index in [4.69, 9.17) is 4.74 Å². The van der Waals surface area contributed by atoms with Crippen molar-refractivity contribution in [2.24, 2.45) is 0 Å². The minimum absolute atomic E-state index is 0.354. The van der Waals surface area contributed by atoms with Crippen molar-refractivity contribution in [1.82, 2.24) is 0 Å². The number of fused-ring (bicyclic) bond motifs is 1.